The van der Waals surface area contributed by atoms with Gasteiger partial charge in [-0.25, -0.2) is 0 Å². The molecule has 29 heavy (non-hydrogen) atoms. The van der Waals surface area contributed by atoms with Crippen molar-refractivity contribution in [2.45, 2.75) is 44.2 Å². The molecule has 0 bridgehead atoms. The number of para-hydroxylation sites is 1. The van der Waals surface area contributed by atoms with Crippen molar-refractivity contribution in [1.29, 1.82) is 0 Å². The van der Waals surface area contributed by atoms with E-state index in [1.165, 1.54) is 69.7 Å². The summed E-state index contributed by atoms with van der Waals surface area (Å²) in [6.07, 6.45) is 5.14. The molecule has 3 heteroatoms. The predicted octanol–water partition coefficient (Wildman–Crippen LogP) is 3.65. The molecular weight excluding hydrogens is 354 g/mol. The number of likely N-dealkylation sites (tertiary alicyclic amines) is 1. The van der Waals surface area contributed by atoms with Gasteiger partial charge in [0, 0.05) is 55.9 Å². The summed E-state index contributed by atoms with van der Waals surface area (Å²) >= 11 is 0. The molecule has 0 unspecified atom stereocenters. The topological polar surface area (TPSA) is 18.5 Å². The van der Waals surface area contributed by atoms with Gasteiger partial charge in [-0.3, -0.25) is 4.90 Å². The molecule has 0 saturated carbocycles. The van der Waals surface area contributed by atoms with E-state index >= 15 is 0 Å². The van der Waals surface area contributed by atoms with Crippen molar-refractivity contribution in [2.24, 2.45) is 11.8 Å². The highest BCUT2D eigenvalue weighted by atomic mass is 15.3. The molecule has 1 aliphatic carbocycles. The van der Waals surface area contributed by atoms with Crippen LogP contribution in [0.25, 0.3) is 0 Å². The molecule has 0 amide bonds. The Balaban J connectivity index is 1.23. The first-order valence-electron chi connectivity index (χ1n) is 11.6. The molecule has 3 saturated heterocycles. The number of piperidine rings is 1. The quantitative estimate of drug-likeness (QED) is 0.849. The van der Waals surface area contributed by atoms with Gasteiger partial charge in [0.1, 0.15) is 0 Å². The molecule has 0 aromatic heterocycles. The Bertz CT molecular complexity index is 884. The van der Waals surface area contributed by atoms with Crippen LogP contribution >= 0.6 is 0 Å². The summed E-state index contributed by atoms with van der Waals surface area (Å²) < 4.78 is 0. The molecule has 3 nitrogen and oxygen atoms in total. The predicted molar refractivity (Wildman–Crippen MR) is 120 cm³/mol. The number of hydrogen-bond acceptors (Lipinski definition) is 3. The van der Waals surface area contributed by atoms with E-state index in [2.05, 4.69) is 70.6 Å². The Morgan fingerprint density at radius 3 is 2.55 bits per heavy atom. The van der Waals surface area contributed by atoms with Crippen molar-refractivity contribution in [3.05, 3.63) is 65.2 Å². The molecule has 152 valence electrons. The van der Waals surface area contributed by atoms with E-state index in [0.29, 0.717) is 11.6 Å². The zero-order valence-corrected chi connectivity index (χ0v) is 17.6. The molecular formula is C26H33N3. The fourth-order valence-corrected chi connectivity index (χ4v) is 7.12. The molecule has 3 heterocycles. The first-order valence-corrected chi connectivity index (χ1v) is 11.6. The van der Waals surface area contributed by atoms with Crippen molar-refractivity contribution in [3.63, 3.8) is 0 Å². The maximum Gasteiger partial charge on any atom is 0.0470 e. The van der Waals surface area contributed by atoms with Gasteiger partial charge in [0.05, 0.1) is 0 Å². The normalized spacial score (nSPS) is 30.7. The van der Waals surface area contributed by atoms with Crippen LogP contribution in [0.2, 0.25) is 0 Å². The number of nitrogens with zero attached hydrogens (tertiary/aromatic N) is 2. The molecule has 4 aliphatic rings. The lowest BCUT2D eigenvalue weighted by Crippen LogP contribution is -2.58. The molecule has 2 aromatic rings. The molecule has 3 atom stereocenters. The largest absolute Gasteiger partial charge is 0.365 e. The summed E-state index contributed by atoms with van der Waals surface area (Å²) in [5.41, 5.74) is 6.52. The number of rotatable bonds is 2. The van der Waals surface area contributed by atoms with Crippen LogP contribution in [0.5, 0.6) is 0 Å². The second-order valence-electron chi connectivity index (χ2n) is 9.89. The Morgan fingerprint density at radius 1 is 0.931 bits per heavy atom. The third-order valence-corrected chi connectivity index (χ3v) is 8.64. The number of anilines is 1. The molecule has 2 aromatic carbocycles. The van der Waals surface area contributed by atoms with Gasteiger partial charge >= 0.3 is 0 Å². The zero-order valence-electron chi connectivity index (χ0n) is 17.6. The van der Waals surface area contributed by atoms with Crippen molar-refractivity contribution in [3.8, 4) is 0 Å². The van der Waals surface area contributed by atoms with E-state index < -0.39 is 0 Å². The highest BCUT2D eigenvalue weighted by Crippen LogP contribution is 2.49. The van der Waals surface area contributed by atoms with E-state index in [-0.39, 0.29) is 0 Å². The number of fused-ring (bicyclic) bond motifs is 3. The molecule has 3 fully saturated rings. The number of hydrogen-bond donors (Lipinski definition) is 1. The first kappa shape index (κ1) is 18.0. The minimum absolute atomic E-state index is 0.355. The summed E-state index contributed by atoms with van der Waals surface area (Å²) in [5.74, 6) is 1.63. The van der Waals surface area contributed by atoms with E-state index in [1.54, 1.807) is 11.1 Å². The fraction of sp³-hybridized carbons (Fsp3) is 0.538. The van der Waals surface area contributed by atoms with Crippen LogP contribution in [0, 0.1) is 18.8 Å². The molecule has 1 N–H and O–H groups in total. The van der Waals surface area contributed by atoms with Gasteiger partial charge in [0.25, 0.3) is 0 Å². The standard InChI is InChI=1S/C26H33N3/c1-19-6-5-7-20-14-23(15-24(19)20)28-12-10-26(11-13-28)25-17-27-16-21(25)18-29(26)22-8-3-2-4-9-22/h2-9,21,23,25,27H,10-18H2,1H3/t21-,23+,25+/m0/s1. The number of aryl methyl sites for hydroxylation is 1. The van der Waals surface area contributed by atoms with Gasteiger partial charge in [-0.15, -0.1) is 0 Å². The maximum atomic E-state index is 3.71. The van der Waals surface area contributed by atoms with Gasteiger partial charge in [-0.05, 0) is 67.3 Å². The van der Waals surface area contributed by atoms with E-state index in [0.717, 1.165) is 11.8 Å². The van der Waals surface area contributed by atoms with Gasteiger partial charge in [-0.1, -0.05) is 36.4 Å². The lowest BCUT2D eigenvalue weighted by atomic mass is 9.74. The minimum Gasteiger partial charge on any atom is -0.365 e. The Hall–Kier alpha value is -1.84. The van der Waals surface area contributed by atoms with Gasteiger partial charge in [0.2, 0.25) is 0 Å². The van der Waals surface area contributed by atoms with Crippen LogP contribution in [0.1, 0.15) is 29.5 Å². The smallest absolute Gasteiger partial charge is 0.0470 e. The molecule has 3 aliphatic heterocycles. The van der Waals surface area contributed by atoms with Gasteiger partial charge < -0.3 is 10.2 Å². The van der Waals surface area contributed by atoms with E-state index in [1.807, 2.05) is 0 Å². The Labute approximate surface area is 175 Å². The SMILES string of the molecule is Cc1cccc2c1C[C@H](N1CCC3(CC1)[C@@H]1CNC[C@H]1CN3c1ccccc1)C2. The monoisotopic (exact) mass is 387 g/mol. The van der Waals surface area contributed by atoms with Crippen LogP contribution in [0.4, 0.5) is 5.69 Å². The third kappa shape index (κ3) is 2.78. The van der Waals surface area contributed by atoms with Crippen LogP contribution in [0.3, 0.4) is 0 Å². The summed E-state index contributed by atoms with van der Waals surface area (Å²) in [4.78, 5) is 5.64. The zero-order chi connectivity index (χ0) is 19.4. The van der Waals surface area contributed by atoms with Crippen LogP contribution < -0.4 is 10.2 Å². The minimum atomic E-state index is 0.355. The summed E-state index contributed by atoms with van der Waals surface area (Å²) in [6, 6.07) is 18.8. The van der Waals surface area contributed by atoms with Gasteiger partial charge in [0.15, 0.2) is 0 Å². The van der Waals surface area contributed by atoms with Crippen molar-refractivity contribution < 1.29 is 0 Å². The highest BCUT2D eigenvalue weighted by Gasteiger charge is 2.56. The molecule has 6 rings (SSSR count). The second-order valence-corrected chi connectivity index (χ2v) is 9.89. The average Bonchev–Trinajstić information content (AvgIpc) is 3.46. The summed E-state index contributed by atoms with van der Waals surface area (Å²) in [7, 11) is 0. The summed E-state index contributed by atoms with van der Waals surface area (Å²) in [6.45, 7) is 8.44. The molecule has 0 radical (unpaired) electrons. The van der Waals surface area contributed by atoms with Crippen molar-refractivity contribution >= 4 is 5.69 Å². The Morgan fingerprint density at radius 2 is 1.76 bits per heavy atom. The lowest BCUT2D eigenvalue weighted by Gasteiger charge is -2.50. The molecule has 1 spiro atoms. The van der Waals surface area contributed by atoms with Crippen molar-refractivity contribution in [1.82, 2.24) is 10.2 Å². The number of benzene rings is 2. The lowest BCUT2D eigenvalue weighted by molar-refractivity contribution is 0.0990. The maximum absolute atomic E-state index is 3.71. The van der Waals surface area contributed by atoms with Crippen LogP contribution in [-0.2, 0) is 12.8 Å². The van der Waals surface area contributed by atoms with Gasteiger partial charge in [-0.2, -0.15) is 0 Å². The average molecular weight is 388 g/mol. The van der Waals surface area contributed by atoms with E-state index in [4.69, 9.17) is 0 Å². The van der Waals surface area contributed by atoms with E-state index in [9.17, 15) is 0 Å². The van der Waals surface area contributed by atoms with Crippen molar-refractivity contribution in [2.75, 3.05) is 37.6 Å². The fourth-order valence-electron chi connectivity index (χ4n) is 7.12. The number of nitrogens with one attached hydrogen (secondary N) is 1. The summed E-state index contributed by atoms with van der Waals surface area (Å²) in [5, 5.41) is 3.71. The van der Waals surface area contributed by atoms with Crippen LogP contribution in [-0.4, -0.2) is 49.2 Å². The Kier molecular flexibility index (Phi) is 4.25. The highest BCUT2D eigenvalue weighted by molar-refractivity contribution is 5.52. The second kappa shape index (κ2) is 6.85. The van der Waals surface area contributed by atoms with Crippen LogP contribution in [0.15, 0.2) is 48.5 Å². The third-order valence-electron chi connectivity index (χ3n) is 8.64. The first-order chi connectivity index (χ1) is 14.2.